The molecule has 2 heteroatoms. The minimum atomic E-state index is -0.326. The Labute approximate surface area is 84.6 Å². The van der Waals surface area contributed by atoms with Gasteiger partial charge in [-0.05, 0) is 5.41 Å². The van der Waals surface area contributed by atoms with E-state index in [4.69, 9.17) is 5.11 Å². The van der Waals surface area contributed by atoms with Crippen LogP contribution < -0.4 is 0 Å². The van der Waals surface area contributed by atoms with Crippen LogP contribution in [0, 0.1) is 5.41 Å². The van der Waals surface area contributed by atoms with Gasteiger partial charge in [0.2, 0.25) is 0 Å². The minimum absolute atomic E-state index is 0.0333. The first-order valence-electron chi connectivity index (χ1n) is 4.74. The van der Waals surface area contributed by atoms with Crippen LogP contribution in [-0.4, -0.2) is 17.5 Å². The van der Waals surface area contributed by atoms with Gasteiger partial charge in [-0.2, -0.15) is 0 Å². The number of hydrogen-bond donors (Lipinski definition) is 1. The van der Waals surface area contributed by atoms with Crippen LogP contribution >= 0.6 is 0 Å². The summed E-state index contributed by atoms with van der Waals surface area (Å²) in [5.74, 6) is 0.0876. The molecule has 0 amide bonds. The van der Waals surface area contributed by atoms with Crippen molar-refractivity contribution in [2.45, 2.75) is 20.3 Å². The maximum absolute atomic E-state index is 11.7. The summed E-state index contributed by atoms with van der Waals surface area (Å²) in [4.78, 5) is 11.7. The second kappa shape index (κ2) is 4.38. The highest BCUT2D eigenvalue weighted by Crippen LogP contribution is 2.21. The van der Waals surface area contributed by atoms with Crippen LogP contribution in [0.5, 0.6) is 0 Å². The summed E-state index contributed by atoms with van der Waals surface area (Å²) in [6, 6.07) is 9.18. The van der Waals surface area contributed by atoms with Crippen molar-refractivity contribution in [3.05, 3.63) is 35.9 Å². The summed E-state index contributed by atoms with van der Waals surface area (Å²) in [7, 11) is 0. The van der Waals surface area contributed by atoms with Gasteiger partial charge in [0.25, 0.3) is 0 Å². The van der Waals surface area contributed by atoms with E-state index in [2.05, 4.69) is 0 Å². The van der Waals surface area contributed by atoms with Crippen LogP contribution in [0.4, 0.5) is 0 Å². The van der Waals surface area contributed by atoms with Crippen LogP contribution in [0.25, 0.3) is 0 Å². The molecule has 2 nitrogen and oxygen atoms in total. The van der Waals surface area contributed by atoms with Crippen molar-refractivity contribution in [2.24, 2.45) is 5.41 Å². The second-order valence-corrected chi connectivity index (χ2v) is 4.29. The van der Waals surface area contributed by atoms with Crippen LogP contribution in [0.15, 0.2) is 30.3 Å². The summed E-state index contributed by atoms with van der Waals surface area (Å²) in [5.41, 5.74) is 0.390. The van der Waals surface area contributed by atoms with Gasteiger partial charge in [-0.3, -0.25) is 4.79 Å². The molecule has 76 valence electrons. The standard InChI is InChI=1S/C12H16O2/c1-12(2,9-13)8-11(14)10-6-4-3-5-7-10/h3-7,13H,8-9H2,1-2H3. The molecule has 0 aliphatic rings. The zero-order valence-corrected chi connectivity index (χ0v) is 8.66. The quantitative estimate of drug-likeness (QED) is 0.743. The summed E-state index contributed by atoms with van der Waals surface area (Å²) in [6.07, 6.45) is 0.382. The van der Waals surface area contributed by atoms with Gasteiger partial charge < -0.3 is 5.11 Å². The number of aliphatic hydroxyl groups excluding tert-OH is 1. The molecule has 0 radical (unpaired) electrons. The Morgan fingerprint density at radius 1 is 1.29 bits per heavy atom. The fourth-order valence-corrected chi connectivity index (χ4v) is 1.22. The molecule has 1 rings (SSSR count). The SMILES string of the molecule is CC(C)(CO)CC(=O)c1ccccc1. The normalized spacial score (nSPS) is 11.4. The van der Waals surface area contributed by atoms with Crippen molar-refractivity contribution in [1.29, 1.82) is 0 Å². The van der Waals surface area contributed by atoms with Gasteiger partial charge in [0.05, 0.1) is 0 Å². The van der Waals surface area contributed by atoms with Crippen molar-refractivity contribution in [3.8, 4) is 0 Å². The number of hydrogen-bond acceptors (Lipinski definition) is 2. The molecule has 1 aromatic carbocycles. The Hall–Kier alpha value is -1.15. The minimum Gasteiger partial charge on any atom is -0.396 e. The van der Waals surface area contributed by atoms with E-state index in [0.29, 0.717) is 12.0 Å². The van der Waals surface area contributed by atoms with Crippen molar-refractivity contribution in [1.82, 2.24) is 0 Å². The van der Waals surface area contributed by atoms with Crippen molar-refractivity contribution in [2.75, 3.05) is 6.61 Å². The lowest BCUT2D eigenvalue weighted by Gasteiger charge is -2.20. The predicted octanol–water partition coefficient (Wildman–Crippen LogP) is 2.28. The molecule has 0 saturated heterocycles. The molecule has 14 heavy (non-hydrogen) atoms. The summed E-state index contributed by atoms with van der Waals surface area (Å²) >= 11 is 0. The lowest BCUT2D eigenvalue weighted by molar-refractivity contribution is 0.0858. The Balaban J connectivity index is 2.69. The maximum Gasteiger partial charge on any atom is 0.163 e. The number of carbonyl (C=O) groups excluding carboxylic acids is 1. The average molecular weight is 192 g/mol. The molecule has 0 fully saturated rings. The highest BCUT2D eigenvalue weighted by atomic mass is 16.3. The van der Waals surface area contributed by atoms with Gasteiger partial charge in [-0.25, -0.2) is 0 Å². The van der Waals surface area contributed by atoms with E-state index in [1.165, 1.54) is 0 Å². The molecule has 0 aliphatic carbocycles. The number of rotatable bonds is 4. The van der Waals surface area contributed by atoms with E-state index < -0.39 is 0 Å². The lowest BCUT2D eigenvalue weighted by Crippen LogP contribution is -2.21. The fourth-order valence-electron chi connectivity index (χ4n) is 1.22. The van der Waals surface area contributed by atoms with Gasteiger partial charge in [-0.1, -0.05) is 44.2 Å². The summed E-state index contributed by atoms with van der Waals surface area (Å²) < 4.78 is 0. The molecule has 0 heterocycles. The topological polar surface area (TPSA) is 37.3 Å². The Bertz CT molecular complexity index is 301. The van der Waals surface area contributed by atoms with Gasteiger partial charge in [0.15, 0.2) is 5.78 Å². The molecular formula is C12H16O2. The third kappa shape index (κ3) is 2.96. The predicted molar refractivity (Wildman–Crippen MR) is 56.3 cm³/mol. The van der Waals surface area contributed by atoms with Gasteiger partial charge in [0, 0.05) is 18.6 Å². The molecule has 0 unspecified atom stereocenters. The number of Topliss-reactive ketones (excluding diaryl/α,β-unsaturated/α-hetero) is 1. The summed E-state index contributed by atoms with van der Waals surface area (Å²) in [6.45, 7) is 3.80. The third-order valence-corrected chi connectivity index (χ3v) is 2.16. The highest BCUT2D eigenvalue weighted by molar-refractivity contribution is 5.96. The van der Waals surface area contributed by atoms with E-state index in [0.717, 1.165) is 0 Å². The number of carbonyl (C=O) groups is 1. The molecule has 0 aromatic heterocycles. The Kier molecular flexibility index (Phi) is 3.42. The number of ketones is 1. The second-order valence-electron chi connectivity index (χ2n) is 4.29. The molecule has 0 bridgehead atoms. The Morgan fingerprint density at radius 3 is 2.36 bits per heavy atom. The molecule has 0 spiro atoms. The molecule has 0 aliphatic heterocycles. The van der Waals surface area contributed by atoms with E-state index in [1.807, 2.05) is 32.0 Å². The molecular weight excluding hydrogens is 176 g/mol. The van der Waals surface area contributed by atoms with Crippen LogP contribution in [-0.2, 0) is 0 Å². The molecule has 0 atom stereocenters. The van der Waals surface area contributed by atoms with Crippen LogP contribution in [0.1, 0.15) is 30.6 Å². The van der Waals surface area contributed by atoms with E-state index >= 15 is 0 Å². The zero-order valence-electron chi connectivity index (χ0n) is 8.66. The van der Waals surface area contributed by atoms with E-state index in [9.17, 15) is 4.79 Å². The smallest absolute Gasteiger partial charge is 0.163 e. The summed E-state index contributed by atoms with van der Waals surface area (Å²) in [5, 5.41) is 9.04. The van der Waals surface area contributed by atoms with Crippen molar-refractivity contribution < 1.29 is 9.90 Å². The Morgan fingerprint density at radius 2 is 1.86 bits per heavy atom. The van der Waals surface area contributed by atoms with E-state index in [1.54, 1.807) is 12.1 Å². The number of benzene rings is 1. The van der Waals surface area contributed by atoms with Gasteiger partial charge >= 0.3 is 0 Å². The third-order valence-electron chi connectivity index (χ3n) is 2.16. The van der Waals surface area contributed by atoms with Crippen LogP contribution in [0.3, 0.4) is 0 Å². The van der Waals surface area contributed by atoms with Crippen LogP contribution in [0.2, 0.25) is 0 Å². The monoisotopic (exact) mass is 192 g/mol. The lowest BCUT2D eigenvalue weighted by atomic mass is 9.86. The first-order valence-corrected chi connectivity index (χ1v) is 4.74. The van der Waals surface area contributed by atoms with Gasteiger partial charge in [0.1, 0.15) is 0 Å². The average Bonchev–Trinajstić information content (AvgIpc) is 2.19. The molecule has 0 saturated carbocycles. The molecule has 1 aromatic rings. The highest BCUT2D eigenvalue weighted by Gasteiger charge is 2.21. The zero-order chi connectivity index (χ0) is 10.6. The van der Waals surface area contributed by atoms with E-state index in [-0.39, 0.29) is 17.8 Å². The maximum atomic E-state index is 11.7. The largest absolute Gasteiger partial charge is 0.396 e. The first-order chi connectivity index (χ1) is 6.55. The van der Waals surface area contributed by atoms with Crippen molar-refractivity contribution >= 4 is 5.78 Å². The number of aliphatic hydroxyl groups is 1. The van der Waals surface area contributed by atoms with Crippen molar-refractivity contribution in [3.63, 3.8) is 0 Å². The van der Waals surface area contributed by atoms with Gasteiger partial charge in [-0.15, -0.1) is 0 Å². The first kappa shape index (κ1) is 10.9. The fraction of sp³-hybridized carbons (Fsp3) is 0.417. The molecule has 1 N–H and O–H groups in total.